The van der Waals surface area contributed by atoms with Crippen molar-refractivity contribution in [3.63, 3.8) is 0 Å². The molecule has 0 radical (unpaired) electrons. The number of carbonyl (C=O) groups excluding carboxylic acids is 1. The van der Waals surface area contributed by atoms with E-state index in [0.717, 1.165) is 28.0 Å². The maximum Gasteiger partial charge on any atom is 0.219 e. The Morgan fingerprint density at radius 1 is 1.04 bits per heavy atom. The first kappa shape index (κ1) is 15.2. The van der Waals surface area contributed by atoms with Gasteiger partial charge in [0.1, 0.15) is 12.3 Å². The smallest absolute Gasteiger partial charge is 0.219 e. The Labute approximate surface area is 135 Å². The number of ketones is 1. The van der Waals surface area contributed by atoms with Gasteiger partial charge in [-0.15, -0.1) is 0 Å². The summed E-state index contributed by atoms with van der Waals surface area (Å²) in [6, 6.07) is 11.5. The lowest BCUT2D eigenvalue weighted by atomic mass is 9.92. The quantitative estimate of drug-likeness (QED) is 0.861. The first-order chi connectivity index (χ1) is 11.0. The van der Waals surface area contributed by atoms with E-state index in [1.54, 1.807) is 6.20 Å². The van der Waals surface area contributed by atoms with E-state index in [0.29, 0.717) is 11.6 Å². The third kappa shape index (κ3) is 3.21. The standard InChI is InChI=1S/C19H18N2O2/c1-12-8-9-20-18(10-12)23-16-6-4-15(5-7-16)19-13(2)17(22)11-21-14(19)3/h4-10H,11H2,1-3H3. The lowest BCUT2D eigenvalue weighted by Gasteiger charge is -2.16. The Morgan fingerprint density at radius 3 is 2.48 bits per heavy atom. The van der Waals surface area contributed by atoms with Crippen LogP contribution in [0.5, 0.6) is 11.6 Å². The minimum Gasteiger partial charge on any atom is -0.439 e. The van der Waals surface area contributed by atoms with Gasteiger partial charge in [-0.05, 0) is 50.1 Å². The summed E-state index contributed by atoms with van der Waals surface area (Å²) in [5.41, 5.74) is 4.66. The van der Waals surface area contributed by atoms with Gasteiger partial charge in [-0.2, -0.15) is 0 Å². The molecule has 0 bridgehead atoms. The first-order valence-electron chi connectivity index (χ1n) is 7.51. The zero-order chi connectivity index (χ0) is 16.4. The number of aliphatic imine (C=N–C) groups is 1. The summed E-state index contributed by atoms with van der Waals surface area (Å²) in [5.74, 6) is 1.36. The predicted molar refractivity (Wildman–Crippen MR) is 91.1 cm³/mol. The molecule has 0 fully saturated rings. The van der Waals surface area contributed by atoms with Crippen LogP contribution in [0.25, 0.3) is 5.57 Å². The maximum absolute atomic E-state index is 11.9. The summed E-state index contributed by atoms with van der Waals surface area (Å²) in [7, 11) is 0. The van der Waals surface area contributed by atoms with E-state index in [2.05, 4.69) is 9.98 Å². The number of nitrogens with zero attached hydrogens (tertiary/aromatic N) is 2. The van der Waals surface area contributed by atoms with Crippen molar-refractivity contribution in [1.82, 2.24) is 4.98 Å². The summed E-state index contributed by atoms with van der Waals surface area (Å²) in [5, 5.41) is 0. The molecule has 0 amide bonds. The molecule has 1 aromatic carbocycles. The van der Waals surface area contributed by atoms with Crippen molar-refractivity contribution >= 4 is 17.1 Å². The molecule has 1 aromatic heterocycles. The molecule has 0 saturated carbocycles. The Kier molecular flexibility index (Phi) is 4.06. The molecular weight excluding hydrogens is 288 g/mol. The number of Topliss-reactive ketones (excluding diaryl/α,β-unsaturated/α-hetero) is 1. The van der Waals surface area contributed by atoms with Crippen molar-refractivity contribution in [2.24, 2.45) is 4.99 Å². The van der Waals surface area contributed by atoms with E-state index in [1.807, 2.05) is 57.2 Å². The molecular formula is C19H18N2O2. The molecule has 3 rings (SSSR count). The largest absolute Gasteiger partial charge is 0.439 e. The van der Waals surface area contributed by atoms with Crippen LogP contribution in [-0.4, -0.2) is 23.0 Å². The topological polar surface area (TPSA) is 51.5 Å². The lowest BCUT2D eigenvalue weighted by molar-refractivity contribution is -0.114. The second kappa shape index (κ2) is 6.16. The Bertz CT molecular complexity index is 818. The van der Waals surface area contributed by atoms with Crippen LogP contribution in [0.3, 0.4) is 0 Å². The van der Waals surface area contributed by atoms with Crippen molar-refractivity contribution in [2.45, 2.75) is 20.8 Å². The van der Waals surface area contributed by atoms with Crippen LogP contribution in [0.1, 0.15) is 25.0 Å². The summed E-state index contributed by atoms with van der Waals surface area (Å²) in [4.78, 5) is 20.3. The average Bonchev–Trinajstić information content (AvgIpc) is 2.53. The third-order valence-corrected chi connectivity index (χ3v) is 3.87. The number of benzene rings is 1. The van der Waals surface area contributed by atoms with Gasteiger partial charge in [0.15, 0.2) is 5.78 Å². The molecule has 4 heteroatoms. The number of hydrogen-bond donors (Lipinski definition) is 0. The second-order valence-electron chi connectivity index (χ2n) is 5.62. The fraction of sp³-hybridized carbons (Fsp3) is 0.211. The SMILES string of the molecule is CC1=NCC(=O)C(C)=C1c1ccc(Oc2cc(C)ccn2)cc1. The monoisotopic (exact) mass is 306 g/mol. The number of ether oxygens (including phenoxy) is 1. The molecule has 4 nitrogen and oxygen atoms in total. The molecule has 0 unspecified atom stereocenters. The van der Waals surface area contributed by atoms with Gasteiger partial charge >= 0.3 is 0 Å². The molecule has 0 N–H and O–H groups in total. The predicted octanol–water partition coefficient (Wildman–Crippen LogP) is 4.00. The van der Waals surface area contributed by atoms with E-state index >= 15 is 0 Å². The van der Waals surface area contributed by atoms with E-state index < -0.39 is 0 Å². The highest BCUT2D eigenvalue weighted by Gasteiger charge is 2.19. The zero-order valence-corrected chi connectivity index (χ0v) is 13.5. The van der Waals surface area contributed by atoms with Crippen LogP contribution < -0.4 is 4.74 Å². The van der Waals surface area contributed by atoms with Crippen LogP contribution in [0, 0.1) is 6.92 Å². The molecule has 0 aliphatic carbocycles. The van der Waals surface area contributed by atoms with E-state index in [4.69, 9.17) is 4.74 Å². The summed E-state index contributed by atoms with van der Waals surface area (Å²) < 4.78 is 5.75. The molecule has 0 atom stereocenters. The third-order valence-electron chi connectivity index (χ3n) is 3.87. The van der Waals surface area contributed by atoms with E-state index in [1.165, 1.54) is 0 Å². The lowest BCUT2D eigenvalue weighted by Crippen LogP contribution is -2.16. The number of carbonyl (C=O) groups is 1. The summed E-state index contributed by atoms with van der Waals surface area (Å²) >= 11 is 0. The van der Waals surface area contributed by atoms with Crippen LogP contribution >= 0.6 is 0 Å². The number of aryl methyl sites for hydroxylation is 1. The minimum absolute atomic E-state index is 0.0786. The van der Waals surface area contributed by atoms with Crippen molar-refractivity contribution in [2.75, 3.05) is 6.54 Å². The van der Waals surface area contributed by atoms with Gasteiger partial charge in [0.05, 0.1) is 0 Å². The van der Waals surface area contributed by atoms with Crippen LogP contribution in [0.15, 0.2) is 53.2 Å². The van der Waals surface area contributed by atoms with Crippen LogP contribution in [-0.2, 0) is 4.79 Å². The highest BCUT2D eigenvalue weighted by molar-refractivity contribution is 6.30. The Hall–Kier alpha value is -2.75. The summed E-state index contributed by atoms with van der Waals surface area (Å²) in [6.45, 7) is 6.04. The van der Waals surface area contributed by atoms with Crippen molar-refractivity contribution in [3.05, 3.63) is 59.3 Å². The molecule has 2 aromatic rings. The first-order valence-corrected chi connectivity index (χ1v) is 7.51. The minimum atomic E-state index is 0.0786. The van der Waals surface area contributed by atoms with Crippen molar-refractivity contribution in [1.29, 1.82) is 0 Å². The zero-order valence-electron chi connectivity index (χ0n) is 13.5. The number of dihydropyridines is 1. The molecule has 1 aliphatic rings. The Morgan fingerprint density at radius 2 is 1.78 bits per heavy atom. The summed E-state index contributed by atoms with van der Waals surface area (Å²) in [6.07, 6.45) is 1.72. The van der Waals surface area contributed by atoms with Gasteiger partial charge in [0.25, 0.3) is 0 Å². The van der Waals surface area contributed by atoms with Gasteiger partial charge in [-0.25, -0.2) is 4.98 Å². The van der Waals surface area contributed by atoms with Gasteiger partial charge in [0.2, 0.25) is 5.88 Å². The van der Waals surface area contributed by atoms with Crippen molar-refractivity contribution < 1.29 is 9.53 Å². The molecule has 0 saturated heterocycles. The average molecular weight is 306 g/mol. The number of allylic oxidation sites excluding steroid dienone is 1. The van der Waals surface area contributed by atoms with Crippen LogP contribution in [0.2, 0.25) is 0 Å². The highest BCUT2D eigenvalue weighted by Crippen LogP contribution is 2.27. The Balaban J connectivity index is 1.86. The molecule has 0 spiro atoms. The number of pyridine rings is 1. The van der Waals surface area contributed by atoms with Gasteiger partial charge in [0, 0.05) is 29.1 Å². The normalized spacial score (nSPS) is 14.7. The molecule has 23 heavy (non-hydrogen) atoms. The molecule has 1 aliphatic heterocycles. The molecule has 116 valence electrons. The van der Waals surface area contributed by atoms with Crippen molar-refractivity contribution in [3.8, 4) is 11.6 Å². The number of aromatic nitrogens is 1. The van der Waals surface area contributed by atoms with E-state index in [-0.39, 0.29) is 12.3 Å². The fourth-order valence-corrected chi connectivity index (χ4v) is 2.60. The highest BCUT2D eigenvalue weighted by atomic mass is 16.5. The van der Waals surface area contributed by atoms with Gasteiger partial charge in [-0.1, -0.05) is 12.1 Å². The molecule has 2 heterocycles. The second-order valence-corrected chi connectivity index (χ2v) is 5.62. The number of rotatable bonds is 3. The fourth-order valence-electron chi connectivity index (χ4n) is 2.60. The maximum atomic E-state index is 11.9. The number of hydrogen-bond acceptors (Lipinski definition) is 4. The van der Waals surface area contributed by atoms with Gasteiger partial charge < -0.3 is 4.74 Å². The van der Waals surface area contributed by atoms with Gasteiger partial charge in [-0.3, -0.25) is 9.79 Å². The van der Waals surface area contributed by atoms with Crippen LogP contribution in [0.4, 0.5) is 0 Å². The van der Waals surface area contributed by atoms with E-state index in [9.17, 15) is 4.79 Å².